The van der Waals surface area contributed by atoms with E-state index in [1.807, 2.05) is 24.4 Å². The van der Waals surface area contributed by atoms with Crippen molar-refractivity contribution in [1.82, 2.24) is 20.2 Å². The second-order valence-corrected chi connectivity index (χ2v) is 7.52. The van der Waals surface area contributed by atoms with Crippen LogP contribution in [0, 0.1) is 0 Å². The lowest BCUT2D eigenvalue weighted by molar-refractivity contribution is 0.417. The summed E-state index contributed by atoms with van der Waals surface area (Å²) in [5, 5.41) is 18.6. The van der Waals surface area contributed by atoms with Crippen LogP contribution < -0.4 is 15.5 Å². The van der Waals surface area contributed by atoms with Gasteiger partial charge in [0.2, 0.25) is 0 Å². The Bertz CT molecular complexity index is 984. The number of anilines is 3. The zero-order valence-corrected chi connectivity index (χ0v) is 17.3. The Morgan fingerprint density at radius 3 is 2.43 bits per heavy atom. The highest BCUT2D eigenvalue weighted by molar-refractivity contribution is 5.74. The molecule has 0 bridgehead atoms. The minimum atomic E-state index is 0.174. The van der Waals surface area contributed by atoms with E-state index in [1.54, 1.807) is 24.5 Å². The number of nitrogens with zero attached hydrogens (tertiary/aromatic N) is 6. The maximum Gasteiger partial charge on any atom is 0.169 e. The average molecular weight is 406 g/mol. The first-order valence-electron chi connectivity index (χ1n) is 10.3. The maximum absolute atomic E-state index is 10.2. The van der Waals surface area contributed by atoms with E-state index in [4.69, 9.17) is 5.73 Å². The van der Waals surface area contributed by atoms with Gasteiger partial charge in [-0.05, 0) is 31.0 Å². The molecule has 1 aromatic carbocycles. The van der Waals surface area contributed by atoms with E-state index >= 15 is 0 Å². The molecule has 0 radical (unpaired) electrons. The van der Waals surface area contributed by atoms with Crippen LogP contribution in [-0.4, -0.2) is 50.4 Å². The molecule has 1 saturated heterocycles. The number of para-hydroxylation sites is 1. The topological polar surface area (TPSA) is 104 Å². The molecule has 30 heavy (non-hydrogen) atoms. The molecule has 8 nitrogen and oxygen atoms in total. The summed E-state index contributed by atoms with van der Waals surface area (Å²) in [6.45, 7) is 5.96. The van der Waals surface area contributed by atoms with Crippen molar-refractivity contribution in [1.29, 1.82) is 0 Å². The molecule has 1 aliphatic rings. The van der Waals surface area contributed by atoms with Gasteiger partial charge in [-0.2, -0.15) is 0 Å². The summed E-state index contributed by atoms with van der Waals surface area (Å²) in [6, 6.07) is 9.58. The number of phenols is 1. The fraction of sp³-hybridized carbons (Fsp3) is 0.364. The molecule has 2 atom stereocenters. The summed E-state index contributed by atoms with van der Waals surface area (Å²) in [4.78, 5) is 13.5. The molecule has 0 amide bonds. The third-order valence-electron chi connectivity index (χ3n) is 5.73. The van der Waals surface area contributed by atoms with Gasteiger partial charge in [-0.25, -0.2) is 4.98 Å². The number of rotatable bonds is 5. The Kier molecular flexibility index (Phi) is 5.65. The van der Waals surface area contributed by atoms with E-state index in [1.165, 1.54) is 0 Å². The highest BCUT2D eigenvalue weighted by Gasteiger charge is 2.34. The number of hydrogen-bond acceptors (Lipinski definition) is 8. The summed E-state index contributed by atoms with van der Waals surface area (Å²) in [5.41, 5.74) is 8.34. The lowest BCUT2D eigenvalue weighted by Crippen LogP contribution is -2.59. The number of piperazine rings is 1. The molecule has 2 unspecified atom stereocenters. The summed E-state index contributed by atoms with van der Waals surface area (Å²) in [5.74, 6) is 1.48. The average Bonchev–Trinajstić information content (AvgIpc) is 2.79. The fourth-order valence-electron chi connectivity index (χ4n) is 4.17. The minimum Gasteiger partial charge on any atom is -0.507 e. The lowest BCUT2D eigenvalue weighted by atomic mass is 10.0. The fourth-order valence-corrected chi connectivity index (χ4v) is 4.17. The molecule has 0 saturated carbocycles. The van der Waals surface area contributed by atoms with Crippen molar-refractivity contribution in [2.45, 2.75) is 38.8 Å². The standard InChI is InChI=1S/C22H27N7O/c1-3-15-13-28(14-16(4-2)29(15)21-12-24-9-10-25-21)19-11-18(26-27-22(19)23)17-7-5-6-8-20(17)30/h5-12,15-16,30H,3-4,13-14H2,1-2H3,(H2,23,27). The zero-order chi connectivity index (χ0) is 21.1. The van der Waals surface area contributed by atoms with Gasteiger partial charge in [0.15, 0.2) is 5.82 Å². The molecule has 0 spiro atoms. The van der Waals surface area contributed by atoms with E-state index in [-0.39, 0.29) is 17.8 Å². The van der Waals surface area contributed by atoms with Crippen LogP contribution in [0.2, 0.25) is 0 Å². The van der Waals surface area contributed by atoms with Gasteiger partial charge in [-0.3, -0.25) is 4.98 Å². The largest absolute Gasteiger partial charge is 0.507 e. The van der Waals surface area contributed by atoms with Crippen LogP contribution in [0.25, 0.3) is 11.3 Å². The number of hydrogen-bond donors (Lipinski definition) is 2. The second kappa shape index (κ2) is 8.52. The highest BCUT2D eigenvalue weighted by Crippen LogP contribution is 2.34. The third kappa shape index (κ3) is 3.72. The predicted molar refractivity (Wildman–Crippen MR) is 118 cm³/mol. The third-order valence-corrected chi connectivity index (χ3v) is 5.73. The van der Waals surface area contributed by atoms with Crippen LogP contribution in [0.3, 0.4) is 0 Å². The van der Waals surface area contributed by atoms with Crippen molar-refractivity contribution >= 4 is 17.3 Å². The van der Waals surface area contributed by atoms with E-state index in [9.17, 15) is 5.11 Å². The van der Waals surface area contributed by atoms with Gasteiger partial charge in [-0.15, -0.1) is 10.2 Å². The number of phenolic OH excluding ortho intramolecular Hbond substituents is 1. The number of benzene rings is 1. The second-order valence-electron chi connectivity index (χ2n) is 7.52. The Labute approximate surface area is 176 Å². The molecule has 3 aromatic rings. The van der Waals surface area contributed by atoms with Gasteiger partial charge >= 0.3 is 0 Å². The van der Waals surface area contributed by atoms with Crippen LogP contribution in [0.4, 0.5) is 17.3 Å². The van der Waals surface area contributed by atoms with E-state index in [0.29, 0.717) is 17.1 Å². The monoisotopic (exact) mass is 405 g/mol. The van der Waals surface area contributed by atoms with Gasteiger partial charge in [-0.1, -0.05) is 26.0 Å². The molecule has 2 aromatic heterocycles. The van der Waals surface area contributed by atoms with Crippen LogP contribution in [0.5, 0.6) is 5.75 Å². The smallest absolute Gasteiger partial charge is 0.169 e. The highest BCUT2D eigenvalue weighted by atomic mass is 16.3. The molecule has 0 aliphatic carbocycles. The van der Waals surface area contributed by atoms with Crippen molar-refractivity contribution in [2.75, 3.05) is 28.6 Å². The van der Waals surface area contributed by atoms with Crippen molar-refractivity contribution in [3.8, 4) is 17.0 Å². The maximum atomic E-state index is 10.2. The van der Waals surface area contributed by atoms with Gasteiger partial charge in [0.25, 0.3) is 0 Å². The zero-order valence-electron chi connectivity index (χ0n) is 17.3. The van der Waals surface area contributed by atoms with Crippen molar-refractivity contribution < 1.29 is 5.11 Å². The molecular weight excluding hydrogens is 378 g/mol. The van der Waals surface area contributed by atoms with Crippen LogP contribution in [0.15, 0.2) is 48.9 Å². The number of aromatic nitrogens is 4. The molecule has 1 aliphatic heterocycles. The first kappa shape index (κ1) is 19.9. The molecular formula is C22H27N7O. The normalized spacial score (nSPS) is 19.1. The number of aromatic hydroxyl groups is 1. The Balaban J connectivity index is 1.68. The van der Waals surface area contributed by atoms with E-state index < -0.39 is 0 Å². The molecule has 8 heteroatoms. The first-order chi connectivity index (χ1) is 14.6. The predicted octanol–water partition coefficient (Wildman–Crippen LogP) is 3.11. The van der Waals surface area contributed by atoms with Crippen molar-refractivity contribution in [3.63, 3.8) is 0 Å². The molecule has 3 N–H and O–H groups in total. The first-order valence-corrected chi connectivity index (χ1v) is 10.3. The summed E-state index contributed by atoms with van der Waals surface area (Å²) in [7, 11) is 0. The van der Waals surface area contributed by atoms with E-state index in [0.717, 1.165) is 37.4 Å². The number of nitrogen functional groups attached to an aromatic ring is 1. The van der Waals surface area contributed by atoms with Gasteiger partial charge < -0.3 is 20.6 Å². The van der Waals surface area contributed by atoms with Crippen LogP contribution in [-0.2, 0) is 0 Å². The van der Waals surface area contributed by atoms with Gasteiger partial charge in [0.05, 0.1) is 17.6 Å². The lowest BCUT2D eigenvalue weighted by Gasteiger charge is -2.48. The Hall–Kier alpha value is -3.42. The van der Waals surface area contributed by atoms with Crippen LogP contribution in [0.1, 0.15) is 26.7 Å². The Morgan fingerprint density at radius 1 is 1.07 bits per heavy atom. The summed E-state index contributed by atoms with van der Waals surface area (Å²) < 4.78 is 0. The quantitative estimate of drug-likeness (QED) is 0.667. The Morgan fingerprint density at radius 2 is 1.80 bits per heavy atom. The van der Waals surface area contributed by atoms with Crippen LogP contribution >= 0.6 is 0 Å². The van der Waals surface area contributed by atoms with Gasteiger partial charge in [0, 0.05) is 43.1 Å². The van der Waals surface area contributed by atoms with Crippen molar-refractivity contribution in [3.05, 3.63) is 48.9 Å². The summed E-state index contributed by atoms with van der Waals surface area (Å²) in [6.07, 6.45) is 7.21. The van der Waals surface area contributed by atoms with Gasteiger partial charge in [0.1, 0.15) is 11.6 Å². The minimum absolute atomic E-state index is 0.174. The number of nitrogens with two attached hydrogens (primary N) is 1. The molecule has 4 rings (SSSR count). The summed E-state index contributed by atoms with van der Waals surface area (Å²) >= 11 is 0. The molecule has 156 valence electrons. The van der Waals surface area contributed by atoms with Crippen molar-refractivity contribution in [2.24, 2.45) is 0 Å². The molecule has 1 fully saturated rings. The molecule has 3 heterocycles. The van der Waals surface area contributed by atoms with E-state index in [2.05, 4.69) is 43.8 Å². The SMILES string of the molecule is CCC1CN(c2cc(-c3ccccc3O)nnc2N)CC(CC)N1c1cnccn1.